The Morgan fingerprint density at radius 1 is 1.48 bits per heavy atom. The summed E-state index contributed by atoms with van der Waals surface area (Å²) >= 11 is 0. The van der Waals surface area contributed by atoms with Crippen molar-refractivity contribution in [3.05, 3.63) is 30.1 Å². The Morgan fingerprint density at radius 3 is 2.95 bits per heavy atom. The molecular formula is C16H22N2O3. The predicted octanol–water partition coefficient (Wildman–Crippen LogP) is 1.88. The first-order valence-corrected chi connectivity index (χ1v) is 7.68. The van der Waals surface area contributed by atoms with Crippen LogP contribution in [0.5, 0.6) is 0 Å². The quantitative estimate of drug-likeness (QED) is 0.853. The van der Waals surface area contributed by atoms with Crippen molar-refractivity contribution in [2.75, 3.05) is 26.3 Å². The number of carbonyl (C=O) groups excluding carboxylic acids is 1. The summed E-state index contributed by atoms with van der Waals surface area (Å²) < 4.78 is 11.7. The Labute approximate surface area is 125 Å². The molecule has 0 aliphatic carbocycles. The van der Waals surface area contributed by atoms with E-state index in [1.165, 1.54) is 0 Å². The number of rotatable bonds is 3. The Hall–Kier alpha value is -1.46. The van der Waals surface area contributed by atoms with Gasteiger partial charge in [-0.3, -0.25) is 9.78 Å². The number of hydrogen-bond acceptors (Lipinski definition) is 4. The smallest absolute Gasteiger partial charge is 0.272 e. The van der Waals surface area contributed by atoms with E-state index in [1.807, 2.05) is 24.0 Å². The van der Waals surface area contributed by atoms with Gasteiger partial charge in [-0.2, -0.15) is 0 Å². The SMILES string of the molecule is CCO[C@@H]1COC2(CCN(C(=O)c3ccccn3)CC2)C1. The van der Waals surface area contributed by atoms with Crippen LogP contribution in [0, 0.1) is 0 Å². The lowest BCUT2D eigenvalue weighted by Crippen LogP contribution is -2.46. The number of hydrogen-bond donors (Lipinski definition) is 0. The molecule has 1 aromatic rings. The molecule has 0 aromatic carbocycles. The maximum Gasteiger partial charge on any atom is 0.272 e. The number of likely N-dealkylation sites (tertiary alicyclic amines) is 1. The Balaban J connectivity index is 1.57. The number of amides is 1. The lowest BCUT2D eigenvalue weighted by Gasteiger charge is -2.38. The average molecular weight is 290 g/mol. The van der Waals surface area contributed by atoms with Gasteiger partial charge in [-0.1, -0.05) is 6.07 Å². The van der Waals surface area contributed by atoms with Crippen molar-refractivity contribution in [2.24, 2.45) is 0 Å². The molecule has 1 amide bonds. The zero-order valence-electron chi connectivity index (χ0n) is 12.5. The normalized spacial score (nSPS) is 24.4. The van der Waals surface area contributed by atoms with Gasteiger partial charge in [-0.15, -0.1) is 0 Å². The fraction of sp³-hybridized carbons (Fsp3) is 0.625. The van der Waals surface area contributed by atoms with E-state index in [9.17, 15) is 4.79 Å². The molecular weight excluding hydrogens is 268 g/mol. The third-order valence-electron chi connectivity index (χ3n) is 4.42. The summed E-state index contributed by atoms with van der Waals surface area (Å²) in [6.07, 6.45) is 4.59. The minimum atomic E-state index is -0.0826. The highest BCUT2D eigenvalue weighted by Gasteiger charge is 2.43. The monoisotopic (exact) mass is 290 g/mol. The molecule has 0 radical (unpaired) electrons. The Kier molecular flexibility index (Phi) is 4.22. The van der Waals surface area contributed by atoms with Crippen molar-refractivity contribution in [1.29, 1.82) is 0 Å². The summed E-state index contributed by atoms with van der Waals surface area (Å²) in [5, 5.41) is 0. The number of piperidine rings is 1. The largest absolute Gasteiger partial charge is 0.376 e. The molecule has 1 spiro atoms. The van der Waals surface area contributed by atoms with Crippen LogP contribution in [0.4, 0.5) is 0 Å². The lowest BCUT2D eigenvalue weighted by atomic mass is 9.88. The van der Waals surface area contributed by atoms with Gasteiger partial charge in [-0.25, -0.2) is 0 Å². The summed E-state index contributed by atoms with van der Waals surface area (Å²) in [5.41, 5.74) is 0.439. The second-order valence-electron chi connectivity index (χ2n) is 5.78. The van der Waals surface area contributed by atoms with E-state index in [0.717, 1.165) is 39.0 Å². The second-order valence-corrected chi connectivity index (χ2v) is 5.78. The Bertz CT molecular complexity index is 484. The van der Waals surface area contributed by atoms with Gasteiger partial charge in [0.15, 0.2) is 0 Å². The minimum absolute atomic E-state index is 0.0183. The molecule has 0 unspecified atom stereocenters. The van der Waals surface area contributed by atoms with Crippen molar-refractivity contribution < 1.29 is 14.3 Å². The third kappa shape index (κ3) is 3.09. The molecule has 3 heterocycles. The third-order valence-corrected chi connectivity index (χ3v) is 4.42. The maximum atomic E-state index is 12.4. The van der Waals surface area contributed by atoms with Crippen LogP contribution in [0.2, 0.25) is 0 Å². The molecule has 2 aliphatic rings. The van der Waals surface area contributed by atoms with Crippen LogP contribution in [-0.2, 0) is 9.47 Å². The topological polar surface area (TPSA) is 51.7 Å². The van der Waals surface area contributed by atoms with Crippen molar-refractivity contribution in [3.63, 3.8) is 0 Å². The van der Waals surface area contributed by atoms with Crippen LogP contribution in [-0.4, -0.2) is 53.8 Å². The summed E-state index contributed by atoms with van der Waals surface area (Å²) in [4.78, 5) is 18.4. The number of nitrogens with zero attached hydrogens (tertiary/aromatic N) is 2. The number of aromatic nitrogens is 1. The summed E-state index contributed by atoms with van der Waals surface area (Å²) in [7, 11) is 0. The van der Waals surface area contributed by atoms with Crippen molar-refractivity contribution >= 4 is 5.91 Å². The fourth-order valence-corrected chi connectivity index (χ4v) is 3.26. The molecule has 5 heteroatoms. The summed E-state index contributed by atoms with van der Waals surface area (Å²) in [5.74, 6) is 0.0183. The van der Waals surface area contributed by atoms with Crippen LogP contribution < -0.4 is 0 Å². The van der Waals surface area contributed by atoms with Gasteiger partial charge >= 0.3 is 0 Å². The molecule has 2 aliphatic heterocycles. The van der Waals surface area contributed by atoms with Crippen LogP contribution in [0.15, 0.2) is 24.4 Å². The molecule has 1 atom stereocenters. The van der Waals surface area contributed by atoms with E-state index in [2.05, 4.69) is 4.98 Å². The Morgan fingerprint density at radius 2 is 2.29 bits per heavy atom. The van der Waals surface area contributed by atoms with Gasteiger partial charge in [0, 0.05) is 32.3 Å². The van der Waals surface area contributed by atoms with E-state index >= 15 is 0 Å². The average Bonchev–Trinajstić information content (AvgIpc) is 2.91. The molecule has 0 saturated carbocycles. The van der Waals surface area contributed by atoms with Gasteiger partial charge in [-0.05, 0) is 31.9 Å². The minimum Gasteiger partial charge on any atom is -0.376 e. The fourth-order valence-electron chi connectivity index (χ4n) is 3.26. The molecule has 0 bridgehead atoms. The lowest BCUT2D eigenvalue weighted by molar-refractivity contribution is -0.0408. The van der Waals surface area contributed by atoms with Gasteiger partial charge < -0.3 is 14.4 Å². The zero-order valence-corrected chi connectivity index (χ0v) is 12.5. The molecule has 2 saturated heterocycles. The van der Waals surface area contributed by atoms with Crippen molar-refractivity contribution in [1.82, 2.24) is 9.88 Å². The highest BCUT2D eigenvalue weighted by molar-refractivity contribution is 5.92. The van der Waals surface area contributed by atoms with Crippen LogP contribution in [0.3, 0.4) is 0 Å². The van der Waals surface area contributed by atoms with Crippen molar-refractivity contribution in [3.8, 4) is 0 Å². The van der Waals surface area contributed by atoms with E-state index in [1.54, 1.807) is 12.3 Å². The van der Waals surface area contributed by atoms with Crippen molar-refractivity contribution in [2.45, 2.75) is 37.9 Å². The van der Waals surface area contributed by atoms with Crippen LogP contribution >= 0.6 is 0 Å². The molecule has 3 rings (SSSR count). The van der Waals surface area contributed by atoms with Gasteiger partial charge in [0.25, 0.3) is 5.91 Å². The second kappa shape index (κ2) is 6.12. The first kappa shape index (κ1) is 14.5. The van der Waals surface area contributed by atoms with Gasteiger partial charge in [0.2, 0.25) is 0 Å². The highest BCUT2D eigenvalue weighted by Crippen LogP contribution is 2.37. The molecule has 2 fully saturated rings. The zero-order chi connectivity index (χ0) is 14.7. The predicted molar refractivity (Wildman–Crippen MR) is 78.1 cm³/mol. The van der Waals surface area contributed by atoms with Crippen LogP contribution in [0.1, 0.15) is 36.7 Å². The van der Waals surface area contributed by atoms with E-state index in [-0.39, 0.29) is 17.6 Å². The summed E-state index contributed by atoms with van der Waals surface area (Å²) in [6, 6.07) is 5.44. The first-order chi connectivity index (χ1) is 10.2. The van der Waals surface area contributed by atoms with Crippen LogP contribution in [0.25, 0.3) is 0 Å². The molecule has 0 N–H and O–H groups in total. The molecule has 114 valence electrons. The van der Waals surface area contributed by atoms with E-state index in [0.29, 0.717) is 12.3 Å². The molecule has 1 aromatic heterocycles. The molecule has 21 heavy (non-hydrogen) atoms. The van der Waals surface area contributed by atoms with E-state index in [4.69, 9.17) is 9.47 Å². The number of ether oxygens (including phenoxy) is 2. The standard InChI is InChI=1S/C16H22N2O3/c1-2-20-13-11-16(21-12-13)6-9-18(10-7-16)15(19)14-5-3-4-8-17-14/h3-5,8,13H,2,6-7,9-12H2,1H3/t13-/m0/s1. The van der Waals surface area contributed by atoms with Gasteiger partial charge in [0.1, 0.15) is 5.69 Å². The maximum absolute atomic E-state index is 12.4. The van der Waals surface area contributed by atoms with Gasteiger partial charge in [0.05, 0.1) is 18.3 Å². The first-order valence-electron chi connectivity index (χ1n) is 7.68. The molecule has 5 nitrogen and oxygen atoms in total. The van der Waals surface area contributed by atoms with E-state index < -0.39 is 0 Å². The number of pyridine rings is 1. The number of carbonyl (C=O) groups is 1. The summed E-state index contributed by atoms with van der Waals surface area (Å²) in [6.45, 7) is 4.89. The highest BCUT2D eigenvalue weighted by atomic mass is 16.6.